The minimum atomic E-state index is 0.528. The minimum absolute atomic E-state index is 0.528. The number of hydrogen-bond acceptors (Lipinski definition) is 6. The number of rotatable bonds is 7. The zero-order valence-corrected chi connectivity index (χ0v) is 9.49. The van der Waals surface area contributed by atoms with Crippen molar-refractivity contribution in [3.05, 3.63) is 5.89 Å². The standard InChI is InChI=1S/C9H18N4O2/c1-4-14-6-5-13(3)9-12-11-8(15-9)7-10-2/h10H,4-7H2,1-3H3. The molecule has 1 aromatic heterocycles. The van der Waals surface area contributed by atoms with Crippen molar-refractivity contribution in [1.29, 1.82) is 0 Å². The second kappa shape index (κ2) is 6.36. The predicted molar refractivity (Wildman–Crippen MR) is 56.8 cm³/mol. The van der Waals surface area contributed by atoms with Crippen molar-refractivity contribution >= 4 is 6.01 Å². The van der Waals surface area contributed by atoms with Crippen LogP contribution in [0.4, 0.5) is 6.01 Å². The molecule has 1 aromatic rings. The fourth-order valence-electron chi connectivity index (χ4n) is 1.06. The van der Waals surface area contributed by atoms with Crippen LogP contribution in [0.5, 0.6) is 0 Å². The molecular formula is C9H18N4O2. The Morgan fingerprint density at radius 3 is 2.93 bits per heavy atom. The summed E-state index contributed by atoms with van der Waals surface area (Å²) in [6, 6.07) is 0.528. The van der Waals surface area contributed by atoms with Gasteiger partial charge in [0, 0.05) is 20.2 Å². The first kappa shape index (κ1) is 11.9. The molecule has 0 aromatic carbocycles. The Labute approximate surface area is 89.6 Å². The van der Waals surface area contributed by atoms with Crippen molar-refractivity contribution in [1.82, 2.24) is 15.5 Å². The highest BCUT2D eigenvalue weighted by molar-refractivity contribution is 5.21. The third kappa shape index (κ3) is 3.85. The fraction of sp³-hybridized carbons (Fsp3) is 0.778. The zero-order chi connectivity index (χ0) is 11.1. The van der Waals surface area contributed by atoms with E-state index in [0.29, 0.717) is 25.1 Å². The van der Waals surface area contributed by atoms with E-state index in [1.807, 2.05) is 25.9 Å². The summed E-state index contributed by atoms with van der Waals surface area (Å²) in [5.41, 5.74) is 0. The number of nitrogens with zero attached hydrogens (tertiary/aromatic N) is 3. The van der Waals surface area contributed by atoms with Gasteiger partial charge in [-0.2, -0.15) is 0 Å². The smallest absolute Gasteiger partial charge is 0.318 e. The molecule has 6 nitrogen and oxygen atoms in total. The van der Waals surface area contributed by atoms with Gasteiger partial charge in [-0.05, 0) is 14.0 Å². The van der Waals surface area contributed by atoms with Crippen molar-refractivity contribution in [3.63, 3.8) is 0 Å². The molecular weight excluding hydrogens is 196 g/mol. The van der Waals surface area contributed by atoms with E-state index in [4.69, 9.17) is 9.15 Å². The van der Waals surface area contributed by atoms with E-state index in [1.165, 1.54) is 0 Å². The maximum Gasteiger partial charge on any atom is 0.318 e. The van der Waals surface area contributed by atoms with E-state index in [1.54, 1.807) is 0 Å². The molecule has 0 saturated carbocycles. The molecule has 0 atom stereocenters. The summed E-state index contributed by atoms with van der Waals surface area (Å²) < 4.78 is 10.6. The lowest BCUT2D eigenvalue weighted by atomic mass is 10.6. The van der Waals surface area contributed by atoms with Crippen molar-refractivity contribution in [3.8, 4) is 0 Å². The van der Waals surface area contributed by atoms with Crippen LogP contribution < -0.4 is 10.2 Å². The number of aromatic nitrogens is 2. The fourth-order valence-corrected chi connectivity index (χ4v) is 1.06. The highest BCUT2D eigenvalue weighted by atomic mass is 16.5. The Hall–Kier alpha value is -1.14. The van der Waals surface area contributed by atoms with E-state index >= 15 is 0 Å². The van der Waals surface area contributed by atoms with Gasteiger partial charge in [-0.15, -0.1) is 5.10 Å². The highest BCUT2D eigenvalue weighted by Gasteiger charge is 2.09. The van der Waals surface area contributed by atoms with Gasteiger partial charge < -0.3 is 19.4 Å². The van der Waals surface area contributed by atoms with Crippen LogP contribution in [0, 0.1) is 0 Å². The third-order valence-corrected chi connectivity index (χ3v) is 1.89. The lowest BCUT2D eigenvalue weighted by molar-refractivity contribution is 0.154. The number of ether oxygens (including phenoxy) is 1. The highest BCUT2D eigenvalue weighted by Crippen LogP contribution is 2.09. The van der Waals surface area contributed by atoms with Crippen molar-refractivity contribution in [2.45, 2.75) is 13.5 Å². The van der Waals surface area contributed by atoms with E-state index in [-0.39, 0.29) is 0 Å². The molecule has 0 saturated heterocycles. The summed E-state index contributed by atoms with van der Waals surface area (Å²) in [4.78, 5) is 1.88. The topological polar surface area (TPSA) is 63.4 Å². The molecule has 0 bridgehead atoms. The lowest BCUT2D eigenvalue weighted by Crippen LogP contribution is -2.22. The molecule has 0 aliphatic carbocycles. The Bertz CT molecular complexity index is 277. The van der Waals surface area contributed by atoms with E-state index < -0.39 is 0 Å². The zero-order valence-electron chi connectivity index (χ0n) is 9.49. The van der Waals surface area contributed by atoms with Gasteiger partial charge in [-0.25, -0.2) is 0 Å². The third-order valence-electron chi connectivity index (χ3n) is 1.89. The summed E-state index contributed by atoms with van der Waals surface area (Å²) in [7, 11) is 3.73. The first-order chi connectivity index (χ1) is 7.27. The molecule has 6 heteroatoms. The molecule has 0 aliphatic rings. The van der Waals surface area contributed by atoms with Crippen molar-refractivity contribution in [2.75, 3.05) is 38.8 Å². The summed E-state index contributed by atoms with van der Waals surface area (Å²) in [6.07, 6.45) is 0. The molecule has 0 unspecified atom stereocenters. The Balaban J connectivity index is 2.39. The second-order valence-corrected chi connectivity index (χ2v) is 3.13. The van der Waals surface area contributed by atoms with Crippen LogP contribution in [0.2, 0.25) is 0 Å². The Morgan fingerprint density at radius 1 is 1.47 bits per heavy atom. The van der Waals surface area contributed by atoms with Crippen molar-refractivity contribution < 1.29 is 9.15 Å². The first-order valence-corrected chi connectivity index (χ1v) is 5.03. The average molecular weight is 214 g/mol. The number of hydrogen-bond donors (Lipinski definition) is 1. The maximum atomic E-state index is 5.40. The monoisotopic (exact) mass is 214 g/mol. The maximum absolute atomic E-state index is 5.40. The van der Waals surface area contributed by atoms with E-state index in [0.717, 1.165) is 13.2 Å². The molecule has 86 valence electrons. The van der Waals surface area contributed by atoms with Crippen LogP contribution in [-0.2, 0) is 11.3 Å². The van der Waals surface area contributed by atoms with Crippen LogP contribution in [0.15, 0.2) is 4.42 Å². The van der Waals surface area contributed by atoms with Crippen molar-refractivity contribution in [2.24, 2.45) is 0 Å². The number of likely N-dealkylation sites (N-methyl/N-ethyl adjacent to an activating group) is 1. The summed E-state index contributed by atoms with van der Waals surface area (Å²) in [5.74, 6) is 0.593. The lowest BCUT2D eigenvalue weighted by Gasteiger charge is -2.12. The normalized spacial score (nSPS) is 10.6. The van der Waals surface area contributed by atoms with Gasteiger partial charge in [-0.1, -0.05) is 5.10 Å². The van der Waals surface area contributed by atoms with Gasteiger partial charge >= 0.3 is 6.01 Å². The van der Waals surface area contributed by atoms with Gasteiger partial charge in [0.15, 0.2) is 0 Å². The number of nitrogens with one attached hydrogen (secondary N) is 1. The molecule has 1 N–H and O–H groups in total. The largest absolute Gasteiger partial charge is 0.407 e. The van der Waals surface area contributed by atoms with E-state index in [2.05, 4.69) is 15.5 Å². The average Bonchev–Trinajstić information content (AvgIpc) is 2.67. The predicted octanol–water partition coefficient (Wildman–Crippen LogP) is 0.262. The summed E-state index contributed by atoms with van der Waals surface area (Å²) in [6.45, 7) is 4.69. The minimum Gasteiger partial charge on any atom is -0.407 e. The van der Waals surface area contributed by atoms with Crippen LogP contribution in [0.1, 0.15) is 12.8 Å². The second-order valence-electron chi connectivity index (χ2n) is 3.13. The number of anilines is 1. The SMILES string of the molecule is CCOCCN(C)c1nnc(CNC)o1. The summed E-state index contributed by atoms with van der Waals surface area (Å²) in [5, 5.41) is 10.8. The van der Waals surface area contributed by atoms with Gasteiger partial charge in [-0.3, -0.25) is 0 Å². The molecule has 0 fully saturated rings. The first-order valence-electron chi connectivity index (χ1n) is 5.03. The molecule has 1 heterocycles. The molecule has 0 aliphatic heterocycles. The van der Waals surface area contributed by atoms with Crippen LogP contribution >= 0.6 is 0 Å². The Morgan fingerprint density at radius 2 is 2.27 bits per heavy atom. The molecule has 15 heavy (non-hydrogen) atoms. The molecule has 0 radical (unpaired) electrons. The van der Waals surface area contributed by atoms with Gasteiger partial charge in [0.1, 0.15) is 0 Å². The molecule has 0 amide bonds. The van der Waals surface area contributed by atoms with Crippen LogP contribution in [0.3, 0.4) is 0 Å². The van der Waals surface area contributed by atoms with Gasteiger partial charge in [0.25, 0.3) is 0 Å². The van der Waals surface area contributed by atoms with Crippen LogP contribution in [-0.4, -0.2) is 44.1 Å². The quantitative estimate of drug-likeness (QED) is 0.657. The Kier molecular flexibility index (Phi) is 5.06. The van der Waals surface area contributed by atoms with E-state index in [9.17, 15) is 0 Å². The summed E-state index contributed by atoms with van der Waals surface area (Å²) >= 11 is 0. The van der Waals surface area contributed by atoms with Gasteiger partial charge in [0.2, 0.25) is 5.89 Å². The van der Waals surface area contributed by atoms with Crippen LogP contribution in [0.25, 0.3) is 0 Å². The van der Waals surface area contributed by atoms with Gasteiger partial charge in [0.05, 0.1) is 13.2 Å². The molecule has 0 spiro atoms. The molecule has 1 rings (SSSR count).